The van der Waals surface area contributed by atoms with Crippen molar-refractivity contribution in [2.24, 2.45) is 0 Å². The molecular weight excluding hydrogens is 601 g/mol. The van der Waals surface area contributed by atoms with Crippen LogP contribution in [-0.4, -0.2) is 65.6 Å². The molecule has 3 aromatic rings. The van der Waals surface area contributed by atoms with Gasteiger partial charge in [0.15, 0.2) is 0 Å². The number of carbonyl (C=O) groups is 1. The van der Waals surface area contributed by atoms with E-state index in [1.165, 1.54) is 6.07 Å². The van der Waals surface area contributed by atoms with E-state index < -0.39 is 18.4 Å². The van der Waals surface area contributed by atoms with Gasteiger partial charge in [0.2, 0.25) is 0 Å². The van der Waals surface area contributed by atoms with E-state index >= 15 is 0 Å². The normalized spacial score (nSPS) is 13.4. The molecule has 1 aliphatic rings. The summed E-state index contributed by atoms with van der Waals surface area (Å²) in [5, 5.41) is 20.5. The number of rotatable bonds is 13. The summed E-state index contributed by atoms with van der Waals surface area (Å²) >= 11 is -3.18. The topological polar surface area (TPSA) is 120 Å². The number of hydrogen-bond acceptors (Lipinski definition) is 7. The predicted octanol–water partition coefficient (Wildman–Crippen LogP) is 5.22. The fraction of sp³-hybridized carbons (Fsp3) is 0.536. The van der Waals surface area contributed by atoms with Gasteiger partial charge in [0.1, 0.15) is 0 Å². The predicted molar refractivity (Wildman–Crippen MR) is 153 cm³/mol. The number of carbonyl (C=O) groups excluding carboxylic acids is 1. The summed E-state index contributed by atoms with van der Waals surface area (Å²) in [4.78, 5) is 36.1. The molecule has 0 fully saturated rings. The summed E-state index contributed by atoms with van der Waals surface area (Å²) in [6.07, 6.45) is 10.5. The van der Waals surface area contributed by atoms with E-state index in [2.05, 4.69) is 41.1 Å². The molecule has 1 aliphatic heterocycles. The molecule has 11 heteroatoms. The van der Waals surface area contributed by atoms with Gasteiger partial charge in [0.05, 0.1) is 0 Å². The molecule has 4 rings (SSSR count). The van der Waals surface area contributed by atoms with Gasteiger partial charge in [-0.3, -0.25) is 0 Å². The van der Waals surface area contributed by atoms with Crippen LogP contribution >= 0.6 is 0 Å². The first kappa shape index (κ1) is 29.1. The number of fused-ring (bicyclic) bond motifs is 1. The van der Waals surface area contributed by atoms with Crippen LogP contribution in [0.5, 0.6) is 0 Å². The van der Waals surface area contributed by atoms with E-state index in [1.54, 1.807) is 35.3 Å². The molecule has 0 spiro atoms. The van der Waals surface area contributed by atoms with Crippen LogP contribution in [0.25, 0.3) is 5.95 Å². The number of hydrogen-bond donors (Lipinski definition) is 0. The van der Waals surface area contributed by atoms with Crippen molar-refractivity contribution >= 4 is 33.6 Å². The van der Waals surface area contributed by atoms with Gasteiger partial charge in [0.25, 0.3) is 0 Å². The van der Waals surface area contributed by atoms with E-state index in [0.717, 1.165) is 66.8 Å². The molecular formula is C28H39N7O3Sn. The average molecular weight is 640 g/mol. The molecule has 0 saturated heterocycles. The third kappa shape index (κ3) is 6.47. The molecule has 0 aliphatic carbocycles. The molecule has 0 radical (unpaired) electrons. The maximum absolute atomic E-state index is 14.2. The second-order valence-corrected chi connectivity index (χ2v) is 23.6. The number of non-ortho nitro benzene ring substituents is 1. The monoisotopic (exact) mass is 641 g/mol. The number of aromatic nitrogens is 5. The van der Waals surface area contributed by atoms with Gasteiger partial charge < -0.3 is 0 Å². The first-order valence-corrected chi connectivity index (χ1v) is 21.7. The number of unbranched alkanes of at least 4 members (excludes halogenated alkanes) is 3. The number of benzene rings is 1. The second-order valence-electron chi connectivity index (χ2n) is 10.5. The van der Waals surface area contributed by atoms with Crippen molar-refractivity contribution in [2.75, 3.05) is 6.54 Å². The molecule has 39 heavy (non-hydrogen) atoms. The van der Waals surface area contributed by atoms with Crippen molar-refractivity contribution in [1.82, 2.24) is 29.9 Å². The average Bonchev–Trinajstić information content (AvgIpc) is 3.40. The first-order valence-electron chi connectivity index (χ1n) is 14.2. The van der Waals surface area contributed by atoms with Gasteiger partial charge >= 0.3 is 235 Å². The molecule has 1 amide bonds. The molecule has 208 valence electrons. The molecule has 3 heterocycles. The number of amides is 1. The summed E-state index contributed by atoms with van der Waals surface area (Å²) in [7, 11) is 0. The Morgan fingerprint density at radius 2 is 1.67 bits per heavy atom. The van der Waals surface area contributed by atoms with E-state index in [0.29, 0.717) is 31.0 Å². The van der Waals surface area contributed by atoms with E-state index in [1.807, 2.05) is 4.90 Å². The van der Waals surface area contributed by atoms with Gasteiger partial charge in [-0.2, -0.15) is 0 Å². The number of nitro groups is 1. The molecule has 2 aromatic heterocycles. The molecule has 0 atom stereocenters. The summed E-state index contributed by atoms with van der Waals surface area (Å²) in [6.45, 7) is 7.47. The maximum atomic E-state index is 14.2. The van der Waals surface area contributed by atoms with Crippen molar-refractivity contribution in [2.45, 2.75) is 85.6 Å². The van der Waals surface area contributed by atoms with Crippen LogP contribution in [0.3, 0.4) is 0 Å². The number of nitro benzene ring substituents is 1. The zero-order valence-electron chi connectivity index (χ0n) is 23.3. The minimum absolute atomic E-state index is 0.0540. The zero-order valence-corrected chi connectivity index (χ0v) is 26.2. The standard InChI is InChI=1S/C16H12N7O3.3C4H9.Sn/c24-15(11-2-4-12(5-3-11)23(25)26)21-9-6-14-13(10-21)19-20-22(14)16-17-7-1-8-18-16;3*1-3-4-2;/h1-2,4-5,7-8H,6,9-10H2;3*1,3-4H2,2H3;. The van der Waals surface area contributed by atoms with Crippen LogP contribution in [0.15, 0.2) is 36.7 Å². The van der Waals surface area contributed by atoms with Gasteiger partial charge in [-0.25, -0.2) is 0 Å². The Kier molecular flexibility index (Phi) is 10.0. The second kappa shape index (κ2) is 13.4. The molecule has 0 bridgehead atoms. The third-order valence-electron chi connectivity index (χ3n) is 7.87. The Bertz CT molecular complexity index is 1260. The van der Waals surface area contributed by atoms with Gasteiger partial charge in [0, 0.05) is 0 Å². The Morgan fingerprint density at radius 1 is 1.03 bits per heavy atom. The Hall–Kier alpha value is -2.89. The Labute approximate surface area is 234 Å². The van der Waals surface area contributed by atoms with Crippen molar-refractivity contribution in [3.8, 4) is 5.95 Å². The van der Waals surface area contributed by atoms with Crippen LogP contribution < -0.4 is 3.58 Å². The summed E-state index contributed by atoms with van der Waals surface area (Å²) in [5.41, 5.74) is 2.42. The third-order valence-corrected chi connectivity index (χ3v) is 23.5. The molecule has 0 saturated carbocycles. The Balaban J connectivity index is 1.72. The fourth-order valence-electron chi connectivity index (χ4n) is 5.71. The molecule has 0 N–H and O–H groups in total. The van der Waals surface area contributed by atoms with Crippen LogP contribution in [0.4, 0.5) is 5.69 Å². The van der Waals surface area contributed by atoms with Crippen LogP contribution in [-0.2, 0) is 13.0 Å². The van der Waals surface area contributed by atoms with Crippen molar-refractivity contribution in [1.29, 1.82) is 0 Å². The minimum atomic E-state index is -3.18. The van der Waals surface area contributed by atoms with Gasteiger partial charge in [-0.05, 0) is 0 Å². The molecule has 1 aromatic carbocycles. The van der Waals surface area contributed by atoms with Gasteiger partial charge in [-0.15, -0.1) is 0 Å². The fourth-order valence-corrected chi connectivity index (χ4v) is 22.4. The van der Waals surface area contributed by atoms with E-state index in [-0.39, 0.29) is 16.5 Å². The van der Waals surface area contributed by atoms with Crippen LogP contribution in [0.2, 0.25) is 13.3 Å². The van der Waals surface area contributed by atoms with Crippen molar-refractivity contribution < 1.29 is 9.72 Å². The van der Waals surface area contributed by atoms with E-state index in [4.69, 9.17) is 0 Å². The number of nitrogens with zero attached hydrogens (tertiary/aromatic N) is 7. The van der Waals surface area contributed by atoms with Gasteiger partial charge in [-0.1, -0.05) is 0 Å². The van der Waals surface area contributed by atoms with Crippen molar-refractivity contribution in [3.05, 3.63) is 63.7 Å². The molecule has 0 unspecified atom stereocenters. The summed E-state index contributed by atoms with van der Waals surface area (Å²) in [5.74, 6) is 0.409. The summed E-state index contributed by atoms with van der Waals surface area (Å²) < 4.78 is 6.08. The Morgan fingerprint density at radius 3 is 2.26 bits per heavy atom. The van der Waals surface area contributed by atoms with Crippen LogP contribution in [0.1, 0.15) is 81.0 Å². The quantitative estimate of drug-likeness (QED) is 0.143. The van der Waals surface area contributed by atoms with Crippen LogP contribution in [0, 0.1) is 10.1 Å². The molecule has 10 nitrogen and oxygen atoms in total. The van der Waals surface area contributed by atoms with Crippen molar-refractivity contribution in [3.63, 3.8) is 0 Å². The zero-order chi connectivity index (χ0) is 27.8. The summed E-state index contributed by atoms with van der Waals surface area (Å²) in [6, 6.07) is 6.77. The van der Waals surface area contributed by atoms with E-state index in [9.17, 15) is 14.9 Å². The SMILES string of the molecule is CCC[CH2][Sn]([CH2]CCC)([CH2]CCC)[c]1cc([N+](=O)[O-])ccc1C(=O)N1CCc2c(nnn2-c2ncccn2)C1. The first-order chi connectivity index (χ1) is 18.9.